The van der Waals surface area contributed by atoms with Crippen molar-refractivity contribution < 1.29 is 9.13 Å². The van der Waals surface area contributed by atoms with Crippen molar-refractivity contribution in [2.45, 2.75) is 13.0 Å². The molecule has 2 aromatic rings. The van der Waals surface area contributed by atoms with Crippen molar-refractivity contribution in [1.82, 2.24) is 4.98 Å². The number of rotatable bonds is 2. The zero-order valence-electron chi connectivity index (χ0n) is 12.0. The highest BCUT2D eigenvalue weighted by Gasteiger charge is 2.25. The van der Waals surface area contributed by atoms with Crippen molar-refractivity contribution in [2.75, 3.05) is 24.6 Å². The Morgan fingerprint density at radius 2 is 2.09 bits per heavy atom. The number of aromatic nitrogens is 1. The van der Waals surface area contributed by atoms with Crippen LogP contribution in [0.1, 0.15) is 17.4 Å². The summed E-state index contributed by atoms with van der Waals surface area (Å²) in [6.07, 6.45) is -0.310. The van der Waals surface area contributed by atoms with Crippen LogP contribution in [0.5, 0.6) is 0 Å². The number of benzene rings is 1. The first kappa shape index (κ1) is 15.5. The summed E-state index contributed by atoms with van der Waals surface area (Å²) >= 11 is 11.9. The molecule has 22 heavy (non-hydrogen) atoms. The van der Waals surface area contributed by atoms with Gasteiger partial charge in [0.25, 0.3) is 0 Å². The fourth-order valence-electron chi connectivity index (χ4n) is 2.53. The Kier molecular flexibility index (Phi) is 4.52. The van der Waals surface area contributed by atoms with Crippen LogP contribution in [0, 0.1) is 12.7 Å². The average molecular weight is 341 g/mol. The van der Waals surface area contributed by atoms with Gasteiger partial charge in [0.15, 0.2) is 0 Å². The molecule has 1 aliphatic heterocycles. The van der Waals surface area contributed by atoms with Crippen molar-refractivity contribution in [2.24, 2.45) is 0 Å². The molecular formula is C16H15Cl2FN2O. The van der Waals surface area contributed by atoms with Crippen LogP contribution in [-0.4, -0.2) is 24.7 Å². The summed E-state index contributed by atoms with van der Waals surface area (Å²) < 4.78 is 19.5. The van der Waals surface area contributed by atoms with Gasteiger partial charge in [-0.05, 0) is 31.2 Å². The topological polar surface area (TPSA) is 25.4 Å². The van der Waals surface area contributed by atoms with E-state index in [2.05, 4.69) is 9.88 Å². The standard InChI is InChI=1S/C16H15Cl2FN2O/c1-10-3-2-4-16(20-10)21-5-6-22-15(9-21)11-7-14(19)13(18)8-12(11)17/h2-4,7-8,15H,5-6,9H2,1H3. The number of anilines is 1. The molecule has 1 atom stereocenters. The van der Waals surface area contributed by atoms with E-state index in [1.165, 1.54) is 12.1 Å². The molecule has 1 fully saturated rings. The Balaban J connectivity index is 1.86. The van der Waals surface area contributed by atoms with Crippen LogP contribution in [0.3, 0.4) is 0 Å². The predicted molar refractivity (Wildman–Crippen MR) is 86.3 cm³/mol. The minimum Gasteiger partial charge on any atom is -0.370 e. The predicted octanol–water partition coefficient (Wildman–Crippen LogP) is 4.41. The SMILES string of the molecule is Cc1cccc(N2CCOC(c3cc(F)c(Cl)cc3Cl)C2)n1. The number of pyridine rings is 1. The van der Waals surface area contributed by atoms with Gasteiger partial charge in [0.1, 0.15) is 17.7 Å². The number of hydrogen-bond acceptors (Lipinski definition) is 3. The maximum absolute atomic E-state index is 13.7. The van der Waals surface area contributed by atoms with Crippen LogP contribution in [0.4, 0.5) is 10.2 Å². The lowest BCUT2D eigenvalue weighted by Crippen LogP contribution is -2.39. The number of hydrogen-bond donors (Lipinski definition) is 0. The second-order valence-electron chi connectivity index (χ2n) is 5.23. The molecule has 1 aromatic carbocycles. The molecule has 3 nitrogen and oxygen atoms in total. The summed E-state index contributed by atoms with van der Waals surface area (Å²) in [6, 6.07) is 8.65. The summed E-state index contributed by atoms with van der Waals surface area (Å²) in [5, 5.41) is 0.428. The van der Waals surface area contributed by atoms with E-state index in [0.717, 1.165) is 18.1 Å². The van der Waals surface area contributed by atoms with Crippen molar-refractivity contribution in [1.29, 1.82) is 0 Å². The second kappa shape index (κ2) is 6.41. The van der Waals surface area contributed by atoms with E-state index in [1.54, 1.807) is 0 Å². The third kappa shape index (κ3) is 3.19. The van der Waals surface area contributed by atoms with Crippen LogP contribution < -0.4 is 4.90 Å². The Labute approximate surface area is 138 Å². The largest absolute Gasteiger partial charge is 0.370 e. The third-order valence-electron chi connectivity index (χ3n) is 3.65. The smallest absolute Gasteiger partial charge is 0.142 e. The summed E-state index contributed by atoms with van der Waals surface area (Å²) in [5.74, 6) is 0.398. The number of aryl methyl sites for hydroxylation is 1. The van der Waals surface area contributed by atoms with Gasteiger partial charge in [-0.1, -0.05) is 29.3 Å². The fraction of sp³-hybridized carbons (Fsp3) is 0.312. The van der Waals surface area contributed by atoms with E-state index in [1.807, 2.05) is 25.1 Å². The zero-order chi connectivity index (χ0) is 15.7. The zero-order valence-corrected chi connectivity index (χ0v) is 13.5. The van der Waals surface area contributed by atoms with Gasteiger partial charge in [-0.2, -0.15) is 0 Å². The van der Waals surface area contributed by atoms with E-state index in [0.29, 0.717) is 23.7 Å². The lowest BCUT2D eigenvalue weighted by molar-refractivity contribution is 0.0394. The first-order valence-electron chi connectivity index (χ1n) is 6.99. The van der Waals surface area contributed by atoms with Crippen LogP contribution in [0.2, 0.25) is 10.0 Å². The molecule has 0 bridgehead atoms. The molecule has 1 unspecified atom stereocenters. The molecule has 1 aliphatic rings. The maximum atomic E-state index is 13.7. The van der Waals surface area contributed by atoms with Gasteiger partial charge in [0.05, 0.1) is 11.6 Å². The monoisotopic (exact) mass is 340 g/mol. The summed E-state index contributed by atoms with van der Waals surface area (Å²) in [5.41, 5.74) is 1.57. The van der Waals surface area contributed by atoms with Crippen LogP contribution in [0.25, 0.3) is 0 Å². The summed E-state index contributed by atoms with van der Waals surface area (Å²) in [7, 11) is 0. The second-order valence-corrected chi connectivity index (χ2v) is 6.04. The van der Waals surface area contributed by atoms with E-state index < -0.39 is 5.82 Å². The number of nitrogens with zero attached hydrogens (tertiary/aromatic N) is 2. The molecule has 0 radical (unpaired) electrons. The van der Waals surface area contributed by atoms with Gasteiger partial charge in [0, 0.05) is 29.4 Å². The van der Waals surface area contributed by atoms with Crippen LogP contribution in [-0.2, 0) is 4.74 Å². The highest BCUT2D eigenvalue weighted by molar-refractivity contribution is 6.35. The van der Waals surface area contributed by atoms with Gasteiger partial charge >= 0.3 is 0 Å². The molecule has 6 heteroatoms. The van der Waals surface area contributed by atoms with Gasteiger partial charge in [-0.25, -0.2) is 9.37 Å². The molecule has 3 rings (SSSR count). The van der Waals surface area contributed by atoms with E-state index in [-0.39, 0.29) is 11.1 Å². The molecule has 0 N–H and O–H groups in total. The summed E-state index contributed by atoms with van der Waals surface area (Å²) in [6.45, 7) is 3.78. The molecule has 0 spiro atoms. The minimum atomic E-state index is -0.490. The van der Waals surface area contributed by atoms with Crippen LogP contribution in [0.15, 0.2) is 30.3 Å². The number of ether oxygens (including phenoxy) is 1. The maximum Gasteiger partial charge on any atom is 0.142 e. The molecular weight excluding hydrogens is 326 g/mol. The Morgan fingerprint density at radius 1 is 1.27 bits per heavy atom. The van der Waals surface area contributed by atoms with Gasteiger partial charge in [0.2, 0.25) is 0 Å². The van der Waals surface area contributed by atoms with E-state index in [4.69, 9.17) is 27.9 Å². The third-order valence-corrected chi connectivity index (χ3v) is 4.27. The molecule has 1 saturated heterocycles. The highest BCUT2D eigenvalue weighted by atomic mass is 35.5. The Hall–Kier alpha value is -1.36. The molecule has 0 amide bonds. The van der Waals surface area contributed by atoms with Gasteiger partial charge in [-0.3, -0.25) is 0 Å². The van der Waals surface area contributed by atoms with Crippen molar-refractivity contribution in [3.8, 4) is 0 Å². The molecule has 1 aromatic heterocycles. The fourth-order valence-corrected chi connectivity index (χ4v) is 3.04. The van der Waals surface area contributed by atoms with Gasteiger partial charge < -0.3 is 9.64 Å². The summed E-state index contributed by atoms with van der Waals surface area (Å²) in [4.78, 5) is 6.64. The lowest BCUT2D eigenvalue weighted by Gasteiger charge is -2.34. The molecule has 2 heterocycles. The lowest BCUT2D eigenvalue weighted by atomic mass is 10.1. The average Bonchev–Trinajstić information content (AvgIpc) is 2.51. The van der Waals surface area contributed by atoms with Crippen LogP contribution >= 0.6 is 23.2 Å². The van der Waals surface area contributed by atoms with E-state index >= 15 is 0 Å². The molecule has 0 saturated carbocycles. The Bertz CT molecular complexity index is 696. The number of morpholine rings is 1. The first-order valence-corrected chi connectivity index (χ1v) is 7.75. The Morgan fingerprint density at radius 3 is 2.86 bits per heavy atom. The van der Waals surface area contributed by atoms with E-state index in [9.17, 15) is 4.39 Å². The molecule has 0 aliphatic carbocycles. The van der Waals surface area contributed by atoms with Crippen molar-refractivity contribution in [3.63, 3.8) is 0 Å². The highest BCUT2D eigenvalue weighted by Crippen LogP contribution is 2.33. The first-order chi connectivity index (χ1) is 10.5. The quantitative estimate of drug-likeness (QED) is 0.757. The minimum absolute atomic E-state index is 0.0155. The van der Waals surface area contributed by atoms with Gasteiger partial charge in [-0.15, -0.1) is 0 Å². The van der Waals surface area contributed by atoms with Crippen molar-refractivity contribution in [3.05, 3.63) is 57.5 Å². The molecule has 116 valence electrons. The van der Waals surface area contributed by atoms with Crippen molar-refractivity contribution >= 4 is 29.0 Å². The number of halogens is 3. The normalized spacial score (nSPS) is 18.5.